The Labute approximate surface area is 170 Å². The molecule has 8 heteroatoms. The van der Waals surface area contributed by atoms with Crippen LogP contribution < -0.4 is 5.32 Å². The number of carbonyl (C=O) groups excluding carboxylic acids is 2. The molecule has 30 heavy (non-hydrogen) atoms. The van der Waals surface area contributed by atoms with Crippen LogP contribution in [-0.2, 0) is 18.0 Å². The zero-order valence-electron chi connectivity index (χ0n) is 16.0. The smallest absolute Gasteiger partial charge is 0.331 e. The number of imidazole rings is 1. The van der Waals surface area contributed by atoms with Crippen molar-refractivity contribution in [1.29, 1.82) is 0 Å². The average molecular weight is 413 g/mol. The first-order chi connectivity index (χ1) is 14.2. The Bertz CT molecular complexity index is 1090. The highest BCUT2D eigenvalue weighted by atomic mass is 19.4. The van der Waals surface area contributed by atoms with Crippen LogP contribution in [0.2, 0.25) is 0 Å². The SMILES string of the molecule is Cn1ccnc1C(=O)c1ccc(NC(=O)C2CC2c2ccc(C(F)(F)F)cc2)cc1. The number of anilines is 1. The van der Waals surface area contributed by atoms with Crippen LogP contribution in [0.5, 0.6) is 0 Å². The van der Waals surface area contributed by atoms with E-state index in [1.54, 1.807) is 48.3 Å². The molecule has 0 aliphatic heterocycles. The van der Waals surface area contributed by atoms with E-state index in [0.717, 1.165) is 17.7 Å². The summed E-state index contributed by atoms with van der Waals surface area (Å²) < 4.78 is 39.6. The molecule has 3 aromatic rings. The van der Waals surface area contributed by atoms with Crippen molar-refractivity contribution >= 4 is 17.4 Å². The number of halogens is 3. The topological polar surface area (TPSA) is 64.0 Å². The van der Waals surface area contributed by atoms with E-state index < -0.39 is 11.7 Å². The molecule has 1 aromatic heterocycles. The number of nitrogens with zero attached hydrogens (tertiary/aromatic N) is 2. The Morgan fingerprint density at radius 2 is 1.73 bits per heavy atom. The zero-order chi connectivity index (χ0) is 21.5. The molecule has 1 aliphatic rings. The van der Waals surface area contributed by atoms with E-state index in [1.165, 1.54) is 12.1 Å². The van der Waals surface area contributed by atoms with Gasteiger partial charge in [-0.1, -0.05) is 12.1 Å². The van der Waals surface area contributed by atoms with Crippen LogP contribution in [-0.4, -0.2) is 21.2 Å². The second-order valence-electron chi connectivity index (χ2n) is 7.33. The molecule has 154 valence electrons. The van der Waals surface area contributed by atoms with Crippen LogP contribution in [0.15, 0.2) is 60.9 Å². The number of aryl methyl sites for hydroxylation is 1. The maximum atomic E-state index is 12.7. The lowest BCUT2D eigenvalue weighted by molar-refractivity contribution is -0.137. The van der Waals surface area contributed by atoms with Gasteiger partial charge in [0.1, 0.15) is 0 Å². The number of amides is 1. The summed E-state index contributed by atoms with van der Waals surface area (Å²) in [6.45, 7) is 0. The molecule has 2 atom stereocenters. The van der Waals surface area contributed by atoms with Gasteiger partial charge >= 0.3 is 6.18 Å². The van der Waals surface area contributed by atoms with Gasteiger partial charge < -0.3 is 9.88 Å². The van der Waals surface area contributed by atoms with Crippen LogP contribution in [0.3, 0.4) is 0 Å². The first kappa shape index (κ1) is 19.9. The number of hydrogen-bond donors (Lipinski definition) is 1. The Hall–Kier alpha value is -3.42. The van der Waals surface area contributed by atoms with Crippen LogP contribution in [0.25, 0.3) is 0 Å². The van der Waals surface area contributed by atoms with Crippen molar-refractivity contribution in [3.8, 4) is 0 Å². The molecule has 0 spiro atoms. The van der Waals surface area contributed by atoms with Gasteiger partial charge in [-0.15, -0.1) is 0 Å². The number of alkyl halides is 3. The van der Waals surface area contributed by atoms with Crippen molar-refractivity contribution in [2.24, 2.45) is 13.0 Å². The summed E-state index contributed by atoms with van der Waals surface area (Å²) >= 11 is 0. The number of benzene rings is 2. The maximum Gasteiger partial charge on any atom is 0.416 e. The minimum absolute atomic E-state index is 0.0865. The number of nitrogens with one attached hydrogen (secondary N) is 1. The Balaban J connectivity index is 1.37. The fourth-order valence-corrected chi connectivity index (χ4v) is 3.43. The van der Waals surface area contributed by atoms with E-state index in [4.69, 9.17) is 0 Å². The van der Waals surface area contributed by atoms with Crippen molar-refractivity contribution < 1.29 is 22.8 Å². The predicted octanol–water partition coefficient (Wildman–Crippen LogP) is 4.41. The molecule has 1 fully saturated rings. The third-order valence-electron chi connectivity index (χ3n) is 5.23. The van der Waals surface area contributed by atoms with Crippen LogP contribution >= 0.6 is 0 Å². The minimum atomic E-state index is -4.37. The van der Waals surface area contributed by atoms with Crippen molar-refractivity contribution in [3.63, 3.8) is 0 Å². The summed E-state index contributed by atoms with van der Waals surface area (Å²) in [4.78, 5) is 28.9. The predicted molar refractivity (Wildman–Crippen MR) is 104 cm³/mol. The van der Waals surface area contributed by atoms with Gasteiger partial charge in [0.15, 0.2) is 5.82 Å². The number of hydrogen-bond acceptors (Lipinski definition) is 3. The second-order valence-corrected chi connectivity index (χ2v) is 7.33. The summed E-state index contributed by atoms with van der Waals surface area (Å²) in [5.74, 6) is -0.454. The molecule has 1 aliphatic carbocycles. The van der Waals surface area contributed by atoms with Crippen LogP contribution in [0, 0.1) is 5.92 Å². The van der Waals surface area contributed by atoms with Gasteiger partial charge in [0.05, 0.1) is 5.56 Å². The van der Waals surface area contributed by atoms with Crippen molar-refractivity contribution in [3.05, 3.63) is 83.4 Å². The van der Waals surface area contributed by atoms with E-state index in [9.17, 15) is 22.8 Å². The van der Waals surface area contributed by atoms with Gasteiger partial charge in [-0.3, -0.25) is 9.59 Å². The molecule has 0 saturated heterocycles. The summed E-state index contributed by atoms with van der Waals surface area (Å²) in [6.07, 6.45) is -0.551. The Kier molecular flexibility index (Phi) is 4.93. The lowest BCUT2D eigenvalue weighted by Crippen LogP contribution is -2.15. The van der Waals surface area contributed by atoms with Crippen molar-refractivity contribution in [2.45, 2.75) is 18.5 Å². The normalized spacial score (nSPS) is 18.1. The second kappa shape index (κ2) is 7.44. The third-order valence-corrected chi connectivity index (χ3v) is 5.23. The van der Waals surface area contributed by atoms with Crippen molar-refractivity contribution in [2.75, 3.05) is 5.32 Å². The average Bonchev–Trinajstić information content (AvgIpc) is 3.41. The number of rotatable bonds is 5. The molecule has 5 nitrogen and oxygen atoms in total. The van der Waals surface area contributed by atoms with E-state index in [1.807, 2.05) is 0 Å². The lowest BCUT2D eigenvalue weighted by atomic mass is 10.1. The largest absolute Gasteiger partial charge is 0.416 e. The molecule has 0 bridgehead atoms. The van der Waals surface area contributed by atoms with Gasteiger partial charge in [0.2, 0.25) is 11.7 Å². The third kappa shape index (κ3) is 3.98. The van der Waals surface area contributed by atoms with Gasteiger partial charge in [-0.25, -0.2) is 4.98 Å². The molecule has 1 N–H and O–H groups in total. The molecule has 2 aromatic carbocycles. The molecule has 4 rings (SSSR count). The fraction of sp³-hybridized carbons (Fsp3) is 0.227. The molecule has 0 radical (unpaired) electrons. The highest BCUT2D eigenvalue weighted by Crippen LogP contribution is 2.48. The monoisotopic (exact) mass is 413 g/mol. The van der Waals surface area contributed by atoms with E-state index in [2.05, 4.69) is 10.3 Å². The standard InChI is InChI=1S/C22H18F3N3O2/c1-28-11-10-26-20(28)19(29)14-4-8-16(9-5-14)27-21(30)18-12-17(18)13-2-6-15(7-3-13)22(23,24)25/h2-11,17-18H,12H2,1H3,(H,27,30). The first-order valence-corrected chi connectivity index (χ1v) is 9.34. The number of carbonyl (C=O) groups is 2. The van der Waals surface area contributed by atoms with Crippen LogP contribution in [0.4, 0.5) is 18.9 Å². The van der Waals surface area contributed by atoms with E-state index >= 15 is 0 Å². The fourth-order valence-electron chi connectivity index (χ4n) is 3.43. The van der Waals surface area contributed by atoms with E-state index in [-0.39, 0.29) is 23.5 Å². The Morgan fingerprint density at radius 1 is 1.07 bits per heavy atom. The first-order valence-electron chi connectivity index (χ1n) is 9.34. The number of aromatic nitrogens is 2. The molecule has 1 heterocycles. The summed E-state index contributed by atoms with van der Waals surface area (Å²) in [7, 11) is 1.73. The highest BCUT2D eigenvalue weighted by molar-refractivity contribution is 6.07. The summed E-state index contributed by atoms with van der Waals surface area (Å²) in [5, 5.41) is 2.80. The summed E-state index contributed by atoms with van der Waals surface area (Å²) in [5.41, 5.74) is 1.03. The van der Waals surface area contributed by atoms with Gasteiger partial charge in [0.25, 0.3) is 0 Å². The molecule has 2 unspecified atom stereocenters. The highest BCUT2D eigenvalue weighted by Gasteiger charge is 2.44. The Morgan fingerprint density at radius 3 is 2.30 bits per heavy atom. The van der Waals surface area contributed by atoms with Crippen LogP contribution in [0.1, 0.15) is 39.6 Å². The lowest BCUT2D eigenvalue weighted by Gasteiger charge is -2.08. The molecular weight excluding hydrogens is 395 g/mol. The van der Waals surface area contributed by atoms with Gasteiger partial charge in [-0.2, -0.15) is 13.2 Å². The molecule has 1 amide bonds. The minimum Gasteiger partial charge on any atom is -0.331 e. The van der Waals surface area contributed by atoms with Crippen molar-refractivity contribution in [1.82, 2.24) is 9.55 Å². The molecular formula is C22H18F3N3O2. The van der Waals surface area contributed by atoms with E-state index in [0.29, 0.717) is 23.5 Å². The quantitative estimate of drug-likeness (QED) is 0.630. The number of ketones is 1. The molecule has 1 saturated carbocycles. The van der Waals surface area contributed by atoms with Gasteiger partial charge in [-0.05, 0) is 54.3 Å². The summed E-state index contributed by atoms with van der Waals surface area (Å²) in [6, 6.07) is 11.5. The zero-order valence-corrected chi connectivity index (χ0v) is 16.0. The maximum absolute atomic E-state index is 12.7. The van der Waals surface area contributed by atoms with Gasteiger partial charge in [0, 0.05) is 36.6 Å².